The molecular weight excluding hydrogens is 466 g/mol. The van der Waals surface area contributed by atoms with Crippen molar-refractivity contribution in [3.63, 3.8) is 0 Å². The third-order valence-corrected chi connectivity index (χ3v) is 6.84. The van der Waals surface area contributed by atoms with E-state index in [1.807, 2.05) is 17.6 Å². The number of benzene rings is 1. The number of nitrogens with zero attached hydrogens (tertiary/aromatic N) is 3. The number of carbonyl (C=O) groups excluding carboxylic acids is 3. The van der Waals surface area contributed by atoms with E-state index in [1.54, 1.807) is 24.0 Å². The quantitative estimate of drug-likeness (QED) is 0.367. The second-order valence-electron chi connectivity index (χ2n) is 7.13. The molecule has 1 saturated heterocycles. The van der Waals surface area contributed by atoms with Crippen molar-refractivity contribution in [2.75, 3.05) is 57.6 Å². The molecule has 1 aromatic carbocycles. The van der Waals surface area contributed by atoms with E-state index >= 15 is 0 Å². The number of rotatable bonds is 10. The van der Waals surface area contributed by atoms with Crippen LogP contribution in [0.3, 0.4) is 0 Å². The average molecular weight is 496 g/mol. The fraction of sp³-hybridized carbons (Fsp3) is 0.545. The molecule has 0 radical (unpaired) electrons. The topological polar surface area (TPSA) is 99.4 Å². The van der Waals surface area contributed by atoms with Crippen molar-refractivity contribution in [1.29, 1.82) is 0 Å². The van der Waals surface area contributed by atoms with Gasteiger partial charge in [0.25, 0.3) is 5.91 Å². The summed E-state index contributed by atoms with van der Waals surface area (Å²) < 4.78 is 18.6. The van der Waals surface area contributed by atoms with Crippen molar-refractivity contribution in [3.05, 3.63) is 28.6 Å². The Hall–Kier alpha value is -2.21. The van der Waals surface area contributed by atoms with Crippen LogP contribution >= 0.6 is 23.1 Å². The first-order chi connectivity index (χ1) is 16.0. The number of morpholine rings is 1. The number of aromatic nitrogens is 1. The van der Waals surface area contributed by atoms with Crippen LogP contribution < -0.4 is 4.80 Å². The van der Waals surface area contributed by atoms with Gasteiger partial charge < -0.3 is 23.7 Å². The lowest BCUT2D eigenvalue weighted by atomic mass is 10.2. The van der Waals surface area contributed by atoms with Crippen LogP contribution in [-0.4, -0.2) is 84.9 Å². The second-order valence-corrected chi connectivity index (χ2v) is 9.12. The first kappa shape index (κ1) is 25.4. The number of thioether (sulfide) groups is 1. The van der Waals surface area contributed by atoms with Crippen LogP contribution in [0.15, 0.2) is 23.2 Å². The minimum absolute atomic E-state index is 0.0104. The molecule has 1 fully saturated rings. The van der Waals surface area contributed by atoms with Crippen molar-refractivity contribution in [2.45, 2.75) is 20.4 Å². The smallest absolute Gasteiger partial charge is 0.338 e. The second kappa shape index (κ2) is 12.9. The predicted molar refractivity (Wildman–Crippen MR) is 128 cm³/mol. The van der Waals surface area contributed by atoms with Crippen LogP contribution in [0.2, 0.25) is 0 Å². The fourth-order valence-corrected chi connectivity index (χ4v) is 5.10. The van der Waals surface area contributed by atoms with Crippen LogP contribution in [0, 0.1) is 0 Å². The van der Waals surface area contributed by atoms with Gasteiger partial charge in [0.15, 0.2) is 4.80 Å². The predicted octanol–water partition coefficient (Wildman–Crippen LogP) is 1.94. The number of thiazole rings is 1. The maximum absolute atomic E-state index is 12.5. The number of hydrogen-bond donors (Lipinski definition) is 0. The summed E-state index contributed by atoms with van der Waals surface area (Å²) in [6, 6.07) is 5.31. The molecule has 9 nitrogen and oxygen atoms in total. The molecule has 0 bridgehead atoms. The zero-order chi connectivity index (χ0) is 23.6. The van der Waals surface area contributed by atoms with Crippen LogP contribution in [0.4, 0.5) is 0 Å². The number of amides is 2. The number of fused-ring (bicyclic) bond motifs is 1. The molecule has 11 heteroatoms. The highest BCUT2D eigenvalue weighted by atomic mass is 32.2. The molecule has 0 unspecified atom stereocenters. The average Bonchev–Trinajstić information content (AvgIpc) is 3.16. The summed E-state index contributed by atoms with van der Waals surface area (Å²) in [7, 11) is 0. The maximum atomic E-state index is 12.5. The molecule has 33 heavy (non-hydrogen) atoms. The lowest BCUT2D eigenvalue weighted by Crippen LogP contribution is -2.41. The van der Waals surface area contributed by atoms with Gasteiger partial charge in [0.1, 0.15) is 0 Å². The van der Waals surface area contributed by atoms with Crippen molar-refractivity contribution in [3.8, 4) is 0 Å². The Bertz CT molecular complexity index is 1040. The molecule has 2 amide bonds. The summed E-state index contributed by atoms with van der Waals surface area (Å²) in [4.78, 5) is 43.5. The Morgan fingerprint density at radius 1 is 1.15 bits per heavy atom. The molecule has 1 aromatic heterocycles. The summed E-state index contributed by atoms with van der Waals surface area (Å²) in [6.45, 7) is 7.87. The van der Waals surface area contributed by atoms with Gasteiger partial charge in [0.05, 0.1) is 53.7 Å². The Morgan fingerprint density at radius 2 is 1.94 bits per heavy atom. The minimum atomic E-state index is -0.385. The van der Waals surface area contributed by atoms with E-state index in [9.17, 15) is 14.4 Å². The number of carbonyl (C=O) groups is 3. The number of ether oxygens (including phenoxy) is 3. The first-order valence-electron chi connectivity index (χ1n) is 10.9. The summed E-state index contributed by atoms with van der Waals surface area (Å²) >= 11 is 2.60. The summed E-state index contributed by atoms with van der Waals surface area (Å²) in [5.41, 5.74) is 1.33. The van der Waals surface area contributed by atoms with E-state index in [1.165, 1.54) is 23.1 Å². The first-order valence-corrected chi connectivity index (χ1v) is 12.9. The zero-order valence-corrected chi connectivity index (χ0v) is 20.5. The fourth-order valence-electron chi connectivity index (χ4n) is 3.28. The van der Waals surface area contributed by atoms with E-state index in [4.69, 9.17) is 14.2 Å². The van der Waals surface area contributed by atoms with Gasteiger partial charge in [-0.3, -0.25) is 9.59 Å². The molecule has 1 aliphatic rings. The normalized spacial score (nSPS) is 14.6. The molecule has 3 rings (SSSR count). The lowest BCUT2D eigenvalue weighted by molar-refractivity contribution is -0.132. The maximum Gasteiger partial charge on any atom is 0.338 e. The molecule has 2 heterocycles. The monoisotopic (exact) mass is 495 g/mol. The van der Waals surface area contributed by atoms with Gasteiger partial charge in [0.2, 0.25) is 5.91 Å². The molecular formula is C22H29N3O6S2. The highest BCUT2D eigenvalue weighted by Crippen LogP contribution is 2.20. The van der Waals surface area contributed by atoms with Crippen molar-refractivity contribution >= 4 is 51.1 Å². The number of esters is 1. The third kappa shape index (κ3) is 7.13. The molecule has 0 atom stereocenters. The number of hydrogen-bond acceptors (Lipinski definition) is 8. The van der Waals surface area contributed by atoms with Crippen molar-refractivity contribution in [2.24, 2.45) is 4.99 Å². The minimum Gasteiger partial charge on any atom is -0.462 e. The van der Waals surface area contributed by atoms with E-state index in [0.717, 1.165) is 10.2 Å². The zero-order valence-electron chi connectivity index (χ0n) is 18.9. The summed E-state index contributed by atoms with van der Waals surface area (Å²) in [5.74, 6) is -0.331. The molecule has 180 valence electrons. The summed E-state index contributed by atoms with van der Waals surface area (Å²) in [5, 5.41) is 0. The van der Waals surface area contributed by atoms with Gasteiger partial charge in [-0.15, -0.1) is 11.8 Å². The van der Waals surface area contributed by atoms with Gasteiger partial charge in [-0.1, -0.05) is 11.3 Å². The molecule has 0 spiro atoms. The van der Waals surface area contributed by atoms with Crippen LogP contribution in [0.1, 0.15) is 24.2 Å². The van der Waals surface area contributed by atoms with Crippen LogP contribution in [0.25, 0.3) is 10.2 Å². The lowest BCUT2D eigenvalue weighted by Gasteiger charge is -2.26. The van der Waals surface area contributed by atoms with E-state index in [0.29, 0.717) is 63.0 Å². The van der Waals surface area contributed by atoms with Gasteiger partial charge in [0, 0.05) is 26.2 Å². The Kier molecular flexibility index (Phi) is 9.92. The van der Waals surface area contributed by atoms with Crippen LogP contribution in [0.5, 0.6) is 0 Å². The van der Waals surface area contributed by atoms with Crippen molar-refractivity contribution in [1.82, 2.24) is 9.47 Å². The SMILES string of the molecule is CCOCCn1c(=NC(=O)CSCC(=O)N2CCOCC2)sc2cc(C(=O)OCC)ccc21. The van der Waals surface area contributed by atoms with Crippen molar-refractivity contribution < 1.29 is 28.6 Å². The highest BCUT2D eigenvalue weighted by Gasteiger charge is 2.17. The Morgan fingerprint density at radius 3 is 2.67 bits per heavy atom. The van der Waals surface area contributed by atoms with E-state index < -0.39 is 0 Å². The molecule has 2 aromatic rings. The molecule has 0 saturated carbocycles. The molecule has 1 aliphatic heterocycles. The van der Waals surface area contributed by atoms with E-state index in [-0.39, 0.29) is 29.3 Å². The third-order valence-electron chi connectivity index (χ3n) is 4.89. The van der Waals surface area contributed by atoms with Gasteiger partial charge >= 0.3 is 5.97 Å². The van der Waals surface area contributed by atoms with Crippen LogP contribution in [-0.2, 0) is 30.3 Å². The Balaban J connectivity index is 1.73. The standard InChI is InChI=1S/C22H29N3O6S2/c1-3-29-12-9-25-17-6-5-16(21(28)31-4-2)13-18(17)33-22(25)23-19(26)14-32-15-20(27)24-7-10-30-11-8-24/h5-6,13H,3-4,7-12,14-15H2,1-2H3. The van der Waals surface area contributed by atoms with E-state index in [2.05, 4.69) is 4.99 Å². The highest BCUT2D eigenvalue weighted by molar-refractivity contribution is 8.00. The molecule has 0 aliphatic carbocycles. The van der Waals surface area contributed by atoms with Gasteiger partial charge in [-0.25, -0.2) is 4.79 Å². The Labute approximate surface area is 200 Å². The largest absolute Gasteiger partial charge is 0.462 e. The van der Waals surface area contributed by atoms with Gasteiger partial charge in [-0.05, 0) is 32.0 Å². The summed E-state index contributed by atoms with van der Waals surface area (Å²) in [6.07, 6.45) is 0. The van der Waals surface area contributed by atoms with Gasteiger partial charge in [-0.2, -0.15) is 4.99 Å². The molecule has 0 N–H and O–H groups in total.